The predicted molar refractivity (Wildman–Crippen MR) is 104 cm³/mol. The highest BCUT2D eigenvalue weighted by Gasteiger charge is 2.12. The predicted octanol–water partition coefficient (Wildman–Crippen LogP) is 4.49. The molecule has 140 valence electrons. The highest BCUT2D eigenvalue weighted by Crippen LogP contribution is 2.22. The van der Waals surface area contributed by atoms with Crippen molar-refractivity contribution < 1.29 is 13.9 Å². The molecule has 3 rings (SSSR count). The van der Waals surface area contributed by atoms with Crippen LogP contribution in [0.15, 0.2) is 46.9 Å². The van der Waals surface area contributed by atoms with E-state index < -0.39 is 0 Å². The van der Waals surface area contributed by atoms with Crippen LogP contribution in [-0.2, 0) is 4.79 Å². The van der Waals surface area contributed by atoms with Crippen LogP contribution in [0.3, 0.4) is 0 Å². The quantitative estimate of drug-likeness (QED) is 0.696. The fourth-order valence-corrected chi connectivity index (χ4v) is 2.74. The molecule has 6 nitrogen and oxygen atoms in total. The maximum Gasteiger partial charge on any atom is 0.322 e. The lowest BCUT2D eigenvalue weighted by Crippen LogP contribution is -2.20. The molecule has 0 atom stereocenters. The fraction of sp³-hybridized carbons (Fsp3) is 0.286. The normalized spacial score (nSPS) is 10.9. The molecule has 6 heteroatoms. The van der Waals surface area contributed by atoms with Gasteiger partial charge in [-0.15, -0.1) is 5.10 Å². The van der Waals surface area contributed by atoms with Crippen LogP contribution in [0.2, 0.25) is 0 Å². The molecule has 1 aromatic heterocycles. The monoisotopic (exact) mass is 365 g/mol. The Morgan fingerprint density at radius 1 is 1.07 bits per heavy atom. The lowest BCUT2D eigenvalue weighted by Gasteiger charge is -2.08. The zero-order valence-electron chi connectivity index (χ0n) is 15.9. The minimum atomic E-state index is -0.362. The lowest BCUT2D eigenvalue weighted by atomic mass is 10.0. The van der Waals surface area contributed by atoms with Gasteiger partial charge in [-0.1, -0.05) is 48.3 Å². The Kier molecular flexibility index (Phi) is 5.54. The summed E-state index contributed by atoms with van der Waals surface area (Å²) < 4.78 is 11.0. The molecular formula is C21H23N3O3. The molecule has 1 heterocycles. The summed E-state index contributed by atoms with van der Waals surface area (Å²) in [5.41, 5.74) is 4.25. The summed E-state index contributed by atoms with van der Waals surface area (Å²) in [6.07, 6.45) is 0. The van der Waals surface area contributed by atoms with Crippen LogP contribution in [0.1, 0.15) is 36.5 Å². The van der Waals surface area contributed by atoms with E-state index in [0.717, 1.165) is 16.7 Å². The first-order valence-electron chi connectivity index (χ1n) is 8.85. The van der Waals surface area contributed by atoms with Crippen molar-refractivity contribution in [3.63, 3.8) is 0 Å². The van der Waals surface area contributed by atoms with Crippen molar-refractivity contribution in [1.29, 1.82) is 0 Å². The number of ether oxygens (including phenoxy) is 1. The molecule has 1 N–H and O–H groups in total. The van der Waals surface area contributed by atoms with Crippen molar-refractivity contribution >= 4 is 11.9 Å². The van der Waals surface area contributed by atoms with E-state index in [2.05, 4.69) is 35.4 Å². The van der Waals surface area contributed by atoms with Crippen molar-refractivity contribution in [2.24, 2.45) is 0 Å². The molecule has 0 aliphatic carbocycles. The van der Waals surface area contributed by atoms with Gasteiger partial charge in [-0.05, 0) is 49.6 Å². The molecule has 0 fully saturated rings. The summed E-state index contributed by atoms with van der Waals surface area (Å²) in [6.45, 7) is 8.11. The van der Waals surface area contributed by atoms with Crippen LogP contribution >= 0.6 is 0 Å². The van der Waals surface area contributed by atoms with Gasteiger partial charge in [0.25, 0.3) is 5.91 Å². The van der Waals surface area contributed by atoms with E-state index in [-0.39, 0.29) is 18.5 Å². The lowest BCUT2D eigenvalue weighted by molar-refractivity contribution is -0.118. The average molecular weight is 365 g/mol. The van der Waals surface area contributed by atoms with Crippen molar-refractivity contribution in [3.8, 4) is 17.2 Å². The van der Waals surface area contributed by atoms with Crippen LogP contribution in [0.5, 0.6) is 5.75 Å². The van der Waals surface area contributed by atoms with Crippen LogP contribution in [0, 0.1) is 13.8 Å². The number of nitrogens with one attached hydrogen (secondary N) is 1. The van der Waals surface area contributed by atoms with Crippen LogP contribution in [-0.4, -0.2) is 22.7 Å². The highest BCUT2D eigenvalue weighted by atomic mass is 16.5. The van der Waals surface area contributed by atoms with Crippen molar-refractivity contribution in [1.82, 2.24) is 10.2 Å². The zero-order chi connectivity index (χ0) is 19.4. The third-order valence-electron chi connectivity index (χ3n) is 4.06. The van der Waals surface area contributed by atoms with Gasteiger partial charge in [0, 0.05) is 5.56 Å². The zero-order valence-corrected chi connectivity index (χ0v) is 15.9. The molecule has 0 saturated carbocycles. The third kappa shape index (κ3) is 4.94. The molecule has 1 amide bonds. The van der Waals surface area contributed by atoms with E-state index in [9.17, 15) is 4.79 Å². The smallest absolute Gasteiger partial charge is 0.322 e. The summed E-state index contributed by atoms with van der Waals surface area (Å²) in [6, 6.07) is 13.7. The molecule has 0 bridgehead atoms. The Labute approximate surface area is 158 Å². The van der Waals surface area contributed by atoms with Gasteiger partial charge in [-0.3, -0.25) is 10.1 Å². The number of amides is 1. The summed E-state index contributed by atoms with van der Waals surface area (Å²) >= 11 is 0. The Morgan fingerprint density at radius 2 is 1.74 bits per heavy atom. The topological polar surface area (TPSA) is 77.2 Å². The molecule has 0 aliphatic rings. The Bertz CT molecular complexity index is 910. The number of aromatic nitrogens is 2. The standard InChI is InChI=1S/C21H23N3O3/c1-13(2)16-5-7-18(8-6-16)26-12-19(25)22-21-24-23-20(27-21)17-10-14(3)9-15(4)11-17/h5-11,13H,12H2,1-4H3,(H,22,24,25). The molecule has 0 unspecified atom stereocenters. The van der Waals surface area contributed by atoms with E-state index in [0.29, 0.717) is 17.6 Å². The fourth-order valence-electron chi connectivity index (χ4n) is 2.74. The van der Waals surface area contributed by atoms with Gasteiger partial charge < -0.3 is 9.15 Å². The number of rotatable bonds is 6. The van der Waals surface area contributed by atoms with Gasteiger partial charge in [0.15, 0.2) is 6.61 Å². The van der Waals surface area contributed by atoms with Gasteiger partial charge in [0.05, 0.1) is 0 Å². The Morgan fingerprint density at radius 3 is 2.37 bits per heavy atom. The number of benzene rings is 2. The largest absolute Gasteiger partial charge is 0.484 e. The average Bonchev–Trinajstić information content (AvgIpc) is 3.08. The van der Waals surface area contributed by atoms with E-state index in [4.69, 9.17) is 9.15 Å². The maximum atomic E-state index is 12.1. The van der Waals surface area contributed by atoms with Crippen molar-refractivity contribution in [2.45, 2.75) is 33.6 Å². The van der Waals surface area contributed by atoms with E-state index in [1.165, 1.54) is 5.56 Å². The van der Waals surface area contributed by atoms with Crippen molar-refractivity contribution in [2.75, 3.05) is 11.9 Å². The van der Waals surface area contributed by atoms with Gasteiger partial charge in [-0.25, -0.2) is 0 Å². The van der Waals surface area contributed by atoms with Gasteiger partial charge in [0.1, 0.15) is 5.75 Å². The second-order valence-electron chi connectivity index (χ2n) is 6.85. The van der Waals surface area contributed by atoms with Crippen LogP contribution in [0.25, 0.3) is 11.5 Å². The minimum absolute atomic E-state index is 0.0490. The molecule has 0 radical (unpaired) electrons. The second-order valence-corrected chi connectivity index (χ2v) is 6.85. The summed E-state index contributed by atoms with van der Waals surface area (Å²) in [4.78, 5) is 12.1. The van der Waals surface area contributed by atoms with E-state index in [1.807, 2.05) is 50.2 Å². The van der Waals surface area contributed by atoms with E-state index in [1.54, 1.807) is 0 Å². The van der Waals surface area contributed by atoms with Gasteiger partial charge in [-0.2, -0.15) is 0 Å². The minimum Gasteiger partial charge on any atom is -0.484 e. The number of hydrogen-bond donors (Lipinski definition) is 1. The first kappa shape index (κ1) is 18.6. The molecular weight excluding hydrogens is 342 g/mol. The Hall–Kier alpha value is -3.15. The molecule has 27 heavy (non-hydrogen) atoms. The molecule has 0 spiro atoms. The number of nitrogens with zero attached hydrogens (tertiary/aromatic N) is 2. The SMILES string of the molecule is Cc1cc(C)cc(-c2nnc(NC(=O)COc3ccc(C(C)C)cc3)o2)c1. The third-order valence-corrected chi connectivity index (χ3v) is 4.06. The summed E-state index contributed by atoms with van der Waals surface area (Å²) in [7, 11) is 0. The molecule has 3 aromatic rings. The summed E-state index contributed by atoms with van der Waals surface area (Å²) in [5, 5.41) is 10.4. The number of carbonyl (C=O) groups excluding carboxylic acids is 1. The molecule has 2 aromatic carbocycles. The summed E-state index contributed by atoms with van der Waals surface area (Å²) in [5.74, 6) is 1.09. The van der Waals surface area contributed by atoms with Crippen LogP contribution in [0.4, 0.5) is 6.01 Å². The molecule has 0 aliphatic heterocycles. The van der Waals surface area contributed by atoms with Crippen LogP contribution < -0.4 is 10.1 Å². The Balaban J connectivity index is 1.57. The number of aryl methyl sites for hydroxylation is 2. The molecule has 0 saturated heterocycles. The van der Waals surface area contributed by atoms with Crippen molar-refractivity contribution in [3.05, 3.63) is 59.2 Å². The highest BCUT2D eigenvalue weighted by molar-refractivity contribution is 5.89. The van der Waals surface area contributed by atoms with E-state index >= 15 is 0 Å². The van der Waals surface area contributed by atoms with Gasteiger partial charge in [0.2, 0.25) is 5.89 Å². The first-order chi connectivity index (χ1) is 12.9. The maximum absolute atomic E-state index is 12.1. The number of carbonyl (C=O) groups is 1. The van der Waals surface area contributed by atoms with Gasteiger partial charge >= 0.3 is 6.01 Å². The first-order valence-corrected chi connectivity index (χ1v) is 8.85. The second kappa shape index (κ2) is 8.03. The number of hydrogen-bond acceptors (Lipinski definition) is 5. The number of anilines is 1.